The highest BCUT2D eigenvalue weighted by atomic mass is 32.2. The van der Waals surface area contributed by atoms with Crippen LogP contribution in [0.2, 0.25) is 0 Å². The van der Waals surface area contributed by atoms with E-state index in [9.17, 15) is 29.3 Å². The summed E-state index contributed by atoms with van der Waals surface area (Å²) in [6.45, 7) is 1.76. The summed E-state index contributed by atoms with van der Waals surface area (Å²) in [5.74, 6) is -0.924. The molecule has 2 heterocycles. The highest BCUT2D eigenvalue weighted by molar-refractivity contribution is 8.00. The molecular formula is C31H24N4O7S. The number of hydrogen-bond acceptors (Lipinski definition) is 8. The van der Waals surface area contributed by atoms with E-state index in [0.717, 1.165) is 16.7 Å². The first-order chi connectivity index (χ1) is 20.7. The number of hydrogen-bond donors (Lipinski definition) is 2. The zero-order valence-electron chi connectivity index (χ0n) is 22.7. The molecule has 4 aromatic rings. The van der Waals surface area contributed by atoms with Gasteiger partial charge in [0.2, 0.25) is 11.8 Å². The number of benzene rings is 3. The Morgan fingerprint density at radius 2 is 1.74 bits per heavy atom. The molecule has 1 atom stereocenters. The van der Waals surface area contributed by atoms with Crippen molar-refractivity contribution >= 4 is 58.5 Å². The molecule has 0 spiro atoms. The molecule has 4 amide bonds. The van der Waals surface area contributed by atoms with Crippen LogP contribution in [-0.2, 0) is 14.4 Å². The Morgan fingerprint density at radius 3 is 2.42 bits per heavy atom. The van der Waals surface area contributed by atoms with E-state index in [0.29, 0.717) is 27.7 Å². The minimum absolute atomic E-state index is 0.0448. The van der Waals surface area contributed by atoms with Gasteiger partial charge >= 0.3 is 0 Å². The molecule has 1 fully saturated rings. The Balaban J connectivity index is 1.30. The molecule has 1 aliphatic rings. The Hall–Kier alpha value is -5.49. The van der Waals surface area contributed by atoms with Gasteiger partial charge in [0.1, 0.15) is 17.2 Å². The Labute approximate surface area is 249 Å². The number of imide groups is 1. The van der Waals surface area contributed by atoms with Crippen LogP contribution in [0.5, 0.6) is 0 Å². The molecule has 1 saturated heterocycles. The summed E-state index contributed by atoms with van der Waals surface area (Å²) in [6.07, 6.45) is 1.37. The average molecular weight is 597 g/mol. The quantitative estimate of drug-likeness (QED) is 0.114. The maximum absolute atomic E-state index is 13.3. The fraction of sp³-hybridized carbons (Fsp3) is 0.0968. The van der Waals surface area contributed by atoms with Crippen molar-refractivity contribution in [1.82, 2.24) is 5.32 Å². The first-order valence-corrected chi connectivity index (χ1v) is 13.9. The van der Waals surface area contributed by atoms with Crippen molar-refractivity contribution in [3.63, 3.8) is 0 Å². The predicted molar refractivity (Wildman–Crippen MR) is 160 cm³/mol. The van der Waals surface area contributed by atoms with E-state index in [2.05, 4.69) is 10.6 Å². The number of carbonyl (C=O) groups excluding carboxylic acids is 4. The van der Waals surface area contributed by atoms with Gasteiger partial charge in [-0.25, -0.2) is 4.90 Å². The molecule has 1 unspecified atom stereocenters. The second-order valence-electron chi connectivity index (χ2n) is 9.46. The number of aryl methyl sites for hydroxylation is 1. The number of anilines is 2. The van der Waals surface area contributed by atoms with Crippen molar-refractivity contribution in [2.75, 3.05) is 10.2 Å². The molecule has 12 heteroatoms. The van der Waals surface area contributed by atoms with Gasteiger partial charge in [0.25, 0.3) is 17.5 Å². The number of nitrogens with one attached hydrogen (secondary N) is 2. The first-order valence-electron chi connectivity index (χ1n) is 13.0. The maximum atomic E-state index is 13.3. The number of nitro benzene ring substituents is 1. The normalized spacial score (nSPS) is 15.0. The minimum Gasteiger partial charge on any atom is -0.462 e. The van der Waals surface area contributed by atoms with E-state index in [1.165, 1.54) is 30.3 Å². The third-order valence-corrected chi connectivity index (χ3v) is 7.55. The molecule has 0 aliphatic carbocycles. The summed E-state index contributed by atoms with van der Waals surface area (Å²) in [4.78, 5) is 64.0. The van der Waals surface area contributed by atoms with E-state index >= 15 is 0 Å². The zero-order chi connectivity index (χ0) is 30.5. The number of carbonyl (C=O) groups is 4. The van der Waals surface area contributed by atoms with Crippen LogP contribution in [-0.4, -0.2) is 33.8 Å². The van der Waals surface area contributed by atoms with Crippen LogP contribution in [0, 0.1) is 17.0 Å². The standard InChI is InChI=1S/C31H24N4O7S/c1-19-10-15-24(42-19)17-26(33-29(37)20-6-3-2-4-7-20)30(38)32-21-8-5-9-25(16-21)43-27-18-28(36)34(31(27)39)22-11-13-23(14-12-22)35(40)41/h2-17,27H,18H2,1H3,(H,32,38)(H,33,37)/b26-17+. The number of rotatable bonds is 9. The van der Waals surface area contributed by atoms with Crippen LogP contribution in [0.4, 0.5) is 17.1 Å². The van der Waals surface area contributed by atoms with Crippen LogP contribution >= 0.6 is 11.8 Å². The van der Waals surface area contributed by atoms with Crippen LogP contribution in [0.3, 0.4) is 0 Å². The molecular weight excluding hydrogens is 572 g/mol. The Kier molecular flexibility index (Phi) is 8.49. The van der Waals surface area contributed by atoms with E-state index in [-0.39, 0.29) is 23.5 Å². The first kappa shape index (κ1) is 29.0. The van der Waals surface area contributed by atoms with E-state index < -0.39 is 33.8 Å². The topological polar surface area (TPSA) is 152 Å². The number of furan rings is 1. The van der Waals surface area contributed by atoms with E-state index in [1.807, 2.05) is 0 Å². The molecule has 11 nitrogen and oxygen atoms in total. The number of non-ortho nitro benzene ring substituents is 1. The highest BCUT2D eigenvalue weighted by Gasteiger charge is 2.40. The minimum atomic E-state index is -0.726. The van der Waals surface area contributed by atoms with Gasteiger partial charge in [0.15, 0.2) is 0 Å². The monoisotopic (exact) mass is 596 g/mol. The summed E-state index contributed by atoms with van der Waals surface area (Å²) in [6, 6.07) is 23.8. The van der Waals surface area contributed by atoms with Crippen molar-refractivity contribution in [2.24, 2.45) is 0 Å². The molecule has 1 aliphatic heterocycles. The summed E-state index contributed by atoms with van der Waals surface area (Å²) in [5, 5.41) is 15.6. The number of amides is 4. The SMILES string of the molecule is Cc1ccc(/C=C(/NC(=O)c2ccccc2)C(=O)Nc2cccc(SC3CC(=O)N(c4ccc([N+](=O)[O-])cc4)C3=O)c2)o1. The number of nitro groups is 1. The molecule has 3 aromatic carbocycles. The van der Waals surface area contributed by atoms with Gasteiger partial charge in [0, 0.05) is 40.8 Å². The smallest absolute Gasteiger partial charge is 0.272 e. The van der Waals surface area contributed by atoms with Gasteiger partial charge in [-0.3, -0.25) is 29.3 Å². The van der Waals surface area contributed by atoms with Gasteiger partial charge in [-0.15, -0.1) is 11.8 Å². The molecule has 216 valence electrons. The van der Waals surface area contributed by atoms with Gasteiger partial charge in [-0.1, -0.05) is 24.3 Å². The Bertz CT molecular complexity index is 1750. The molecule has 43 heavy (non-hydrogen) atoms. The Morgan fingerprint density at radius 1 is 1.00 bits per heavy atom. The van der Waals surface area contributed by atoms with Crippen LogP contribution in [0.15, 0.2) is 106 Å². The van der Waals surface area contributed by atoms with Gasteiger partial charge in [0.05, 0.1) is 15.9 Å². The second-order valence-corrected chi connectivity index (χ2v) is 10.7. The lowest BCUT2D eigenvalue weighted by molar-refractivity contribution is -0.384. The van der Waals surface area contributed by atoms with Crippen molar-refractivity contribution in [1.29, 1.82) is 0 Å². The molecule has 0 bridgehead atoms. The molecule has 5 rings (SSSR count). The van der Waals surface area contributed by atoms with Crippen molar-refractivity contribution in [2.45, 2.75) is 23.5 Å². The summed E-state index contributed by atoms with van der Waals surface area (Å²) in [5.41, 5.74) is 0.831. The van der Waals surface area contributed by atoms with Crippen LogP contribution in [0.1, 0.15) is 28.3 Å². The lowest BCUT2D eigenvalue weighted by Gasteiger charge is -2.15. The van der Waals surface area contributed by atoms with Crippen LogP contribution < -0.4 is 15.5 Å². The molecule has 0 saturated carbocycles. The third-order valence-electron chi connectivity index (χ3n) is 6.37. The summed E-state index contributed by atoms with van der Waals surface area (Å²) in [7, 11) is 0. The molecule has 1 aromatic heterocycles. The van der Waals surface area contributed by atoms with E-state index in [1.54, 1.807) is 73.7 Å². The van der Waals surface area contributed by atoms with Gasteiger partial charge in [-0.05, 0) is 61.5 Å². The fourth-order valence-corrected chi connectivity index (χ4v) is 5.43. The highest BCUT2D eigenvalue weighted by Crippen LogP contribution is 2.35. The van der Waals surface area contributed by atoms with Crippen molar-refractivity contribution < 1.29 is 28.5 Å². The van der Waals surface area contributed by atoms with E-state index in [4.69, 9.17) is 4.42 Å². The maximum Gasteiger partial charge on any atom is 0.272 e. The summed E-state index contributed by atoms with van der Waals surface area (Å²) >= 11 is 1.16. The number of nitrogens with zero attached hydrogens (tertiary/aromatic N) is 2. The van der Waals surface area contributed by atoms with Crippen molar-refractivity contribution in [3.8, 4) is 0 Å². The second kappa shape index (κ2) is 12.6. The largest absolute Gasteiger partial charge is 0.462 e. The van der Waals surface area contributed by atoms with Gasteiger partial charge in [-0.2, -0.15) is 0 Å². The average Bonchev–Trinajstić information content (AvgIpc) is 3.53. The van der Waals surface area contributed by atoms with Crippen molar-refractivity contribution in [3.05, 3.63) is 124 Å². The number of thioether (sulfide) groups is 1. The summed E-state index contributed by atoms with van der Waals surface area (Å²) < 4.78 is 5.57. The predicted octanol–water partition coefficient (Wildman–Crippen LogP) is 5.33. The lowest BCUT2D eigenvalue weighted by atomic mass is 10.2. The third kappa shape index (κ3) is 6.88. The van der Waals surface area contributed by atoms with Crippen LogP contribution in [0.25, 0.3) is 6.08 Å². The van der Waals surface area contributed by atoms with Gasteiger partial charge < -0.3 is 15.1 Å². The molecule has 2 N–H and O–H groups in total. The lowest BCUT2D eigenvalue weighted by Crippen LogP contribution is -2.31. The fourth-order valence-electron chi connectivity index (χ4n) is 4.32. The zero-order valence-corrected chi connectivity index (χ0v) is 23.5. The molecule has 0 radical (unpaired) electrons.